The van der Waals surface area contributed by atoms with Crippen molar-refractivity contribution < 1.29 is 13.6 Å². The van der Waals surface area contributed by atoms with E-state index in [-0.39, 0.29) is 5.92 Å². The van der Waals surface area contributed by atoms with E-state index in [1.165, 1.54) is 5.56 Å². The molecular weight excluding hydrogens is 234 g/mol. The van der Waals surface area contributed by atoms with Crippen LogP contribution in [0.25, 0.3) is 0 Å². The van der Waals surface area contributed by atoms with Crippen LogP contribution in [0.2, 0.25) is 0 Å². The van der Waals surface area contributed by atoms with Gasteiger partial charge in [-0.3, -0.25) is 4.79 Å². The molecule has 0 atom stereocenters. The van der Waals surface area contributed by atoms with E-state index in [9.17, 15) is 13.6 Å². The van der Waals surface area contributed by atoms with E-state index in [0.29, 0.717) is 11.5 Å². The summed E-state index contributed by atoms with van der Waals surface area (Å²) in [5.74, 6) is 0.471. The second-order valence-corrected chi connectivity index (χ2v) is 4.85. The van der Waals surface area contributed by atoms with Crippen LogP contribution in [-0.4, -0.2) is 6.29 Å². The molecule has 1 saturated carbocycles. The Hall–Kier alpha value is -1.51. The van der Waals surface area contributed by atoms with Crippen LogP contribution in [0.1, 0.15) is 47.5 Å². The average Bonchev–Trinajstić information content (AvgIpc) is 2.39. The molecule has 1 aliphatic carbocycles. The van der Waals surface area contributed by atoms with E-state index < -0.39 is 6.08 Å². The van der Waals surface area contributed by atoms with Crippen LogP contribution in [0.4, 0.5) is 8.78 Å². The zero-order chi connectivity index (χ0) is 13.0. The van der Waals surface area contributed by atoms with Gasteiger partial charge in [-0.25, -0.2) is 0 Å². The first-order chi connectivity index (χ1) is 8.69. The zero-order valence-corrected chi connectivity index (χ0v) is 10.1. The number of rotatable bonds is 3. The van der Waals surface area contributed by atoms with E-state index in [1.807, 2.05) is 24.3 Å². The van der Waals surface area contributed by atoms with E-state index in [0.717, 1.165) is 38.0 Å². The maximum Gasteiger partial charge on any atom is 0.266 e. The molecule has 0 amide bonds. The molecule has 0 radical (unpaired) electrons. The summed E-state index contributed by atoms with van der Waals surface area (Å²) in [4.78, 5) is 10.6. The van der Waals surface area contributed by atoms with Gasteiger partial charge < -0.3 is 0 Å². The quantitative estimate of drug-likeness (QED) is 0.719. The minimum absolute atomic E-state index is 0.0282. The summed E-state index contributed by atoms with van der Waals surface area (Å²) < 4.78 is 24.3. The molecular formula is C15H16F2O. The van der Waals surface area contributed by atoms with Crippen molar-refractivity contribution in [2.24, 2.45) is 5.92 Å². The molecule has 0 heterocycles. The number of hydrogen-bond donors (Lipinski definition) is 0. The largest absolute Gasteiger partial charge is 0.298 e. The molecule has 1 aromatic rings. The molecule has 0 saturated heterocycles. The summed E-state index contributed by atoms with van der Waals surface area (Å²) in [5.41, 5.74) is 1.89. The van der Waals surface area contributed by atoms with Crippen molar-refractivity contribution in [3.8, 4) is 0 Å². The molecule has 0 N–H and O–H groups in total. The number of carbonyl (C=O) groups excluding carboxylic acids is 1. The fourth-order valence-electron chi connectivity index (χ4n) is 2.64. The SMILES string of the molecule is O=Cc1ccc([C@H]2CC[C@H](C=C(F)F)CC2)cc1. The van der Waals surface area contributed by atoms with Crippen molar-refractivity contribution >= 4 is 6.29 Å². The molecule has 18 heavy (non-hydrogen) atoms. The molecule has 1 aliphatic rings. The Balaban J connectivity index is 1.96. The lowest BCUT2D eigenvalue weighted by molar-refractivity contribution is 0.112. The Morgan fingerprint density at radius 1 is 1.06 bits per heavy atom. The fourth-order valence-corrected chi connectivity index (χ4v) is 2.64. The summed E-state index contributed by atoms with van der Waals surface area (Å²) >= 11 is 0. The van der Waals surface area contributed by atoms with Crippen molar-refractivity contribution in [2.45, 2.75) is 31.6 Å². The Bertz CT molecular complexity index is 424. The van der Waals surface area contributed by atoms with Gasteiger partial charge in [-0.2, -0.15) is 8.78 Å². The van der Waals surface area contributed by atoms with Gasteiger partial charge in [-0.05, 0) is 49.2 Å². The van der Waals surface area contributed by atoms with Gasteiger partial charge in [0.1, 0.15) is 6.29 Å². The molecule has 2 rings (SSSR count). The predicted octanol–water partition coefficient (Wildman–Crippen LogP) is 4.55. The molecule has 0 unspecified atom stereocenters. The van der Waals surface area contributed by atoms with E-state index in [4.69, 9.17) is 0 Å². The van der Waals surface area contributed by atoms with Crippen LogP contribution in [0, 0.1) is 5.92 Å². The standard InChI is InChI=1S/C15H16F2O/c16-15(17)9-11-1-5-13(6-2-11)14-7-3-12(10-18)4-8-14/h3-4,7-11,13H,1-2,5-6H2/t11-,13-. The van der Waals surface area contributed by atoms with Gasteiger partial charge in [0.2, 0.25) is 0 Å². The number of halogens is 2. The third-order valence-electron chi connectivity index (χ3n) is 3.68. The molecule has 96 valence electrons. The highest BCUT2D eigenvalue weighted by Gasteiger charge is 2.21. The maximum atomic E-state index is 12.2. The lowest BCUT2D eigenvalue weighted by Crippen LogP contribution is -2.11. The smallest absolute Gasteiger partial charge is 0.266 e. The number of carbonyl (C=O) groups is 1. The van der Waals surface area contributed by atoms with Crippen molar-refractivity contribution in [1.29, 1.82) is 0 Å². The van der Waals surface area contributed by atoms with E-state index >= 15 is 0 Å². The van der Waals surface area contributed by atoms with Crippen LogP contribution in [0.15, 0.2) is 36.4 Å². The van der Waals surface area contributed by atoms with E-state index in [1.54, 1.807) is 0 Å². The monoisotopic (exact) mass is 250 g/mol. The van der Waals surface area contributed by atoms with Crippen molar-refractivity contribution in [1.82, 2.24) is 0 Å². The topological polar surface area (TPSA) is 17.1 Å². The average molecular weight is 250 g/mol. The number of allylic oxidation sites excluding steroid dienone is 1. The lowest BCUT2D eigenvalue weighted by atomic mass is 9.78. The molecule has 1 nitrogen and oxygen atoms in total. The third-order valence-corrected chi connectivity index (χ3v) is 3.68. The Morgan fingerprint density at radius 2 is 1.67 bits per heavy atom. The Kier molecular flexibility index (Phi) is 4.24. The second kappa shape index (κ2) is 5.89. The van der Waals surface area contributed by atoms with Crippen LogP contribution in [0.5, 0.6) is 0 Å². The molecule has 0 bridgehead atoms. The lowest BCUT2D eigenvalue weighted by Gasteiger charge is -2.26. The highest BCUT2D eigenvalue weighted by molar-refractivity contribution is 5.74. The van der Waals surface area contributed by atoms with Crippen molar-refractivity contribution in [3.63, 3.8) is 0 Å². The van der Waals surface area contributed by atoms with Crippen LogP contribution >= 0.6 is 0 Å². The van der Waals surface area contributed by atoms with Gasteiger partial charge in [-0.15, -0.1) is 0 Å². The second-order valence-electron chi connectivity index (χ2n) is 4.85. The minimum atomic E-state index is -1.56. The highest BCUT2D eigenvalue weighted by atomic mass is 19.3. The number of benzene rings is 1. The van der Waals surface area contributed by atoms with Crippen LogP contribution < -0.4 is 0 Å². The number of aldehydes is 1. The molecule has 1 aromatic carbocycles. The summed E-state index contributed by atoms with van der Waals surface area (Å²) in [7, 11) is 0. The predicted molar refractivity (Wildman–Crippen MR) is 66.8 cm³/mol. The molecule has 0 aliphatic heterocycles. The van der Waals surface area contributed by atoms with Crippen molar-refractivity contribution in [3.05, 3.63) is 47.5 Å². The third kappa shape index (κ3) is 3.25. The van der Waals surface area contributed by atoms with E-state index in [2.05, 4.69) is 0 Å². The molecule has 3 heteroatoms. The Labute approximate surface area is 106 Å². The summed E-state index contributed by atoms with van der Waals surface area (Å²) in [6.07, 6.45) is 3.87. The number of hydrogen-bond acceptors (Lipinski definition) is 1. The first kappa shape index (κ1) is 12.9. The van der Waals surface area contributed by atoms with Crippen LogP contribution in [-0.2, 0) is 0 Å². The van der Waals surface area contributed by atoms with Crippen LogP contribution in [0.3, 0.4) is 0 Å². The maximum absolute atomic E-state index is 12.2. The van der Waals surface area contributed by atoms with Gasteiger partial charge in [0.05, 0.1) is 0 Å². The first-order valence-corrected chi connectivity index (χ1v) is 6.27. The molecule has 0 aromatic heterocycles. The van der Waals surface area contributed by atoms with Gasteiger partial charge in [0, 0.05) is 5.56 Å². The highest BCUT2D eigenvalue weighted by Crippen LogP contribution is 2.36. The molecule has 0 spiro atoms. The Morgan fingerprint density at radius 3 is 2.17 bits per heavy atom. The van der Waals surface area contributed by atoms with Gasteiger partial charge in [-0.1, -0.05) is 24.3 Å². The van der Waals surface area contributed by atoms with Crippen molar-refractivity contribution in [2.75, 3.05) is 0 Å². The normalized spacial score (nSPS) is 23.4. The van der Waals surface area contributed by atoms with Gasteiger partial charge in [0.25, 0.3) is 6.08 Å². The molecule has 1 fully saturated rings. The summed E-state index contributed by atoms with van der Waals surface area (Å²) in [6.45, 7) is 0. The van der Waals surface area contributed by atoms with Gasteiger partial charge in [0.15, 0.2) is 0 Å². The first-order valence-electron chi connectivity index (χ1n) is 6.27. The fraction of sp³-hybridized carbons (Fsp3) is 0.400. The van der Waals surface area contributed by atoms with Gasteiger partial charge >= 0.3 is 0 Å². The summed E-state index contributed by atoms with van der Waals surface area (Å²) in [5, 5.41) is 0. The minimum Gasteiger partial charge on any atom is -0.298 e. The summed E-state index contributed by atoms with van der Waals surface area (Å²) in [6, 6.07) is 7.58. The zero-order valence-electron chi connectivity index (χ0n) is 10.1.